The third-order valence-electron chi connectivity index (χ3n) is 6.44. The molecule has 1 atom stereocenters. The molecule has 1 fully saturated rings. The molecule has 3 heterocycles. The zero-order valence-corrected chi connectivity index (χ0v) is 19.4. The maximum Gasteiger partial charge on any atom is 0.230 e. The molecule has 2 aromatic heterocycles. The molecule has 0 bridgehead atoms. The van der Waals surface area contributed by atoms with Gasteiger partial charge in [0.2, 0.25) is 5.95 Å². The van der Waals surface area contributed by atoms with Crippen molar-refractivity contribution in [2.75, 3.05) is 30.5 Å². The van der Waals surface area contributed by atoms with Gasteiger partial charge in [0.1, 0.15) is 23.7 Å². The van der Waals surface area contributed by atoms with E-state index in [1.54, 1.807) is 19.5 Å². The summed E-state index contributed by atoms with van der Waals surface area (Å²) in [6.45, 7) is 4.88. The standard InChI is InChI=1S/C25H27FN6O2/c1-15-9-19(11-22(34-3)16(15)2)31-12-23(27-14-31)29-25-28-21-10-17(26)6-7-20(21)24(30-25)32-8-4-5-18(32)13-33/h6-7,9-12,14,18,33H,4-5,8,13H2,1-3H3,(H,28,29,30)/t18-/m0/s1. The van der Waals surface area contributed by atoms with Crippen LogP contribution in [0.2, 0.25) is 0 Å². The number of halogens is 1. The summed E-state index contributed by atoms with van der Waals surface area (Å²) < 4.78 is 21.4. The van der Waals surface area contributed by atoms with E-state index in [-0.39, 0.29) is 18.5 Å². The van der Waals surface area contributed by atoms with Crippen molar-refractivity contribution in [1.29, 1.82) is 0 Å². The molecule has 0 saturated carbocycles. The molecule has 0 amide bonds. The van der Waals surface area contributed by atoms with E-state index in [0.29, 0.717) is 23.1 Å². The first-order valence-corrected chi connectivity index (χ1v) is 11.3. The quantitative estimate of drug-likeness (QED) is 0.442. The fourth-order valence-electron chi connectivity index (χ4n) is 4.48. The maximum atomic E-state index is 14.0. The molecule has 1 saturated heterocycles. The van der Waals surface area contributed by atoms with E-state index in [1.807, 2.05) is 30.7 Å². The van der Waals surface area contributed by atoms with Crippen molar-refractivity contribution in [3.63, 3.8) is 0 Å². The number of nitrogens with one attached hydrogen (secondary N) is 1. The molecule has 0 aliphatic carbocycles. The number of methoxy groups -OCH3 is 1. The number of ether oxygens (including phenoxy) is 1. The number of aliphatic hydroxyl groups excluding tert-OH is 1. The van der Waals surface area contributed by atoms with Gasteiger partial charge in [0.25, 0.3) is 0 Å². The highest BCUT2D eigenvalue weighted by Crippen LogP contribution is 2.32. The molecule has 8 nitrogen and oxygen atoms in total. The predicted molar refractivity (Wildman–Crippen MR) is 130 cm³/mol. The zero-order chi connectivity index (χ0) is 23.8. The average molecular weight is 463 g/mol. The predicted octanol–water partition coefficient (Wildman–Crippen LogP) is 4.28. The van der Waals surface area contributed by atoms with Gasteiger partial charge in [0, 0.05) is 24.1 Å². The number of anilines is 3. The minimum atomic E-state index is -0.365. The third kappa shape index (κ3) is 4.03. The van der Waals surface area contributed by atoms with Gasteiger partial charge in [-0.3, -0.25) is 0 Å². The first-order valence-electron chi connectivity index (χ1n) is 11.3. The highest BCUT2D eigenvalue weighted by Gasteiger charge is 2.27. The molecule has 9 heteroatoms. The maximum absolute atomic E-state index is 14.0. The number of hydrogen-bond acceptors (Lipinski definition) is 7. The van der Waals surface area contributed by atoms with Crippen LogP contribution in [-0.4, -0.2) is 50.9 Å². The van der Waals surface area contributed by atoms with E-state index in [1.165, 1.54) is 12.1 Å². The largest absolute Gasteiger partial charge is 0.496 e. The van der Waals surface area contributed by atoms with Crippen molar-refractivity contribution in [3.8, 4) is 11.4 Å². The number of benzene rings is 2. The average Bonchev–Trinajstić information content (AvgIpc) is 3.49. The van der Waals surface area contributed by atoms with Crippen LogP contribution in [0.1, 0.15) is 24.0 Å². The van der Waals surface area contributed by atoms with E-state index in [2.05, 4.69) is 26.3 Å². The van der Waals surface area contributed by atoms with Crippen LogP contribution in [0.4, 0.5) is 22.0 Å². The molecule has 5 rings (SSSR count). The SMILES string of the molecule is COc1cc(-n2cnc(Nc3nc(N4CCC[C@H]4CO)c4ccc(F)cc4n3)c2)cc(C)c1C. The number of aliphatic hydroxyl groups is 1. The summed E-state index contributed by atoms with van der Waals surface area (Å²) in [5.74, 6) is 2.00. The summed E-state index contributed by atoms with van der Waals surface area (Å²) in [6.07, 6.45) is 5.39. The molecule has 0 unspecified atom stereocenters. The van der Waals surface area contributed by atoms with Crippen LogP contribution in [-0.2, 0) is 0 Å². The van der Waals surface area contributed by atoms with Crippen LogP contribution >= 0.6 is 0 Å². The van der Waals surface area contributed by atoms with Gasteiger partial charge in [-0.15, -0.1) is 0 Å². The number of nitrogens with zero attached hydrogens (tertiary/aromatic N) is 5. The molecular formula is C25H27FN6O2. The van der Waals surface area contributed by atoms with Crippen LogP contribution in [0.3, 0.4) is 0 Å². The van der Waals surface area contributed by atoms with Crippen LogP contribution in [0.5, 0.6) is 5.75 Å². The number of hydrogen-bond donors (Lipinski definition) is 2. The lowest BCUT2D eigenvalue weighted by atomic mass is 10.1. The first kappa shape index (κ1) is 22.1. The normalized spacial score (nSPS) is 15.8. The Morgan fingerprint density at radius 1 is 1.21 bits per heavy atom. The summed E-state index contributed by atoms with van der Waals surface area (Å²) in [6, 6.07) is 8.51. The van der Waals surface area contributed by atoms with E-state index >= 15 is 0 Å². The monoisotopic (exact) mass is 462 g/mol. The van der Waals surface area contributed by atoms with Gasteiger partial charge in [-0.1, -0.05) is 0 Å². The molecule has 176 valence electrons. The van der Waals surface area contributed by atoms with Crippen molar-refractivity contribution >= 4 is 28.5 Å². The lowest BCUT2D eigenvalue weighted by molar-refractivity contribution is 0.266. The summed E-state index contributed by atoms with van der Waals surface area (Å²) >= 11 is 0. The second-order valence-corrected chi connectivity index (χ2v) is 8.59. The van der Waals surface area contributed by atoms with Crippen LogP contribution < -0.4 is 15.0 Å². The third-order valence-corrected chi connectivity index (χ3v) is 6.44. The molecular weight excluding hydrogens is 435 g/mol. The van der Waals surface area contributed by atoms with Gasteiger partial charge in [0.05, 0.1) is 37.2 Å². The molecule has 2 N–H and O–H groups in total. The van der Waals surface area contributed by atoms with Crippen molar-refractivity contribution in [2.45, 2.75) is 32.7 Å². The summed E-state index contributed by atoms with van der Waals surface area (Å²) in [4.78, 5) is 15.8. The van der Waals surface area contributed by atoms with E-state index in [9.17, 15) is 9.50 Å². The molecule has 1 aliphatic rings. The summed E-state index contributed by atoms with van der Waals surface area (Å²) in [5.41, 5.74) is 3.63. The van der Waals surface area contributed by atoms with E-state index < -0.39 is 0 Å². The van der Waals surface area contributed by atoms with Gasteiger partial charge < -0.3 is 24.6 Å². The summed E-state index contributed by atoms with van der Waals surface area (Å²) in [5, 5.41) is 13.7. The molecule has 0 spiro atoms. The Bertz CT molecular complexity index is 1350. The Kier molecular flexibility index (Phi) is 5.79. The van der Waals surface area contributed by atoms with Crippen molar-refractivity contribution in [2.24, 2.45) is 0 Å². The highest BCUT2D eigenvalue weighted by molar-refractivity contribution is 5.91. The topological polar surface area (TPSA) is 88.3 Å². The Labute approximate surface area is 197 Å². The van der Waals surface area contributed by atoms with Crippen molar-refractivity contribution in [3.05, 3.63) is 59.8 Å². The number of rotatable bonds is 6. The van der Waals surface area contributed by atoms with Crippen molar-refractivity contribution < 1.29 is 14.2 Å². The Morgan fingerprint density at radius 2 is 2.06 bits per heavy atom. The zero-order valence-electron chi connectivity index (χ0n) is 19.4. The van der Waals surface area contributed by atoms with E-state index in [0.717, 1.165) is 47.3 Å². The molecule has 1 aliphatic heterocycles. The fraction of sp³-hybridized carbons (Fsp3) is 0.320. The highest BCUT2D eigenvalue weighted by atomic mass is 19.1. The minimum Gasteiger partial charge on any atom is -0.496 e. The second kappa shape index (κ2) is 8.90. The molecule has 34 heavy (non-hydrogen) atoms. The number of aromatic nitrogens is 4. The van der Waals surface area contributed by atoms with Crippen LogP contribution in [0.25, 0.3) is 16.6 Å². The molecule has 0 radical (unpaired) electrons. The Morgan fingerprint density at radius 3 is 2.85 bits per heavy atom. The minimum absolute atomic E-state index is 0.0185. The number of fused-ring (bicyclic) bond motifs is 1. The molecule has 4 aromatic rings. The van der Waals surface area contributed by atoms with E-state index in [4.69, 9.17) is 9.72 Å². The van der Waals surface area contributed by atoms with Gasteiger partial charge >= 0.3 is 0 Å². The van der Waals surface area contributed by atoms with Crippen LogP contribution in [0.15, 0.2) is 42.9 Å². The fourth-order valence-corrected chi connectivity index (χ4v) is 4.48. The number of imidazole rings is 1. The Balaban J connectivity index is 1.50. The van der Waals surface area contributed by atoms with Gasteiger partial charge in [0.15, 0.2) is 5.82 Å². The van der Waals surface area contributed by atoms with Crippen LogP contribution in [0, 0.1) is 19.7 Å². The van der Waals surface area contributed by atoms with Gasteiger partial charge in [-0.25, -0.2) is 14.4 Å². The summed E-state index contributed by atoms with van der Waals surface area (Å²) in [7, 11) is 1.66. The van der Waals surface area contributed by atoms with Crippen molar-refractivity contribution in [1.82, 2.24) is 19.5 Å². The lowest BCUT2D eigenvalue weighted by Crippen LogP contribution is -2.33. The number of aryl methyl sites for hydroxylation is 1. The Hall–Kier alpha value is -3.72. The van der Waals surface area contributed by atoms with Gasteiger partial charge in [-0.2, -0.15) is 4.98 Å². The second-order valence-electron chi connectivity index (χ2n) is 8.59. The smallest absolute Gasteiger partial charge is 0.230 e. The first-order chi connectivity index (χ1) is 16.5. The lowest BCUT2D eigenvalue weighted by Gasteiger charge is -2.25. The van der Waals surface area contributed by atoms with Gasteiger partial charge in [-0.05, 0) is 56.0 Å². The molecule has 2 aromatic carbocycles.